The number of thioether (sulfide) groups is 1. The highest BCUT2D eigenvalue weighted by molar-refractivity contribution is 7.99. The second-order valence-corrected chi connectivity index (χ2v) is 6.87. The third kappa shape index (κ3) is 5.11. The van der Waals surface area contributed by atoms with Crippen molar-refractivity contribution in [1.29, 1.82) is 0 Å². The largest absolute Gasteiger partial charge is 0.351 e. The standard InChI is InChI=1S/C19H18ClN3OS/c20-18-5-2-1-4-16(18)12-21-19(24)14-25-13-15-6-8-17(9-7-15)23-11-3-10-22-23/h1-11H,12-14H2,(H,21,24). The van der Waals surface area contributed by atoms with Crippen LogP contribution in [0.1, 0.15) is 11.1 Å². The average Bonchev–Trinajstić information content (AvgIpc) is 3.16. The topological polar surface area (TPSA) is 46.9 Å². The van der Waals surface area contributed by atoms with Crippen molar-refractivity contribution < 1.29 is 4.79 Å². The number of nitrogens with one attached hydrogen (secondary N) is 1. The molecule has 0 saturated heterocycles. The lowest BCUT2D eigenvalue weighted by Gasteiger charge is -2.07. The quantitative estimate of drug-likeness (QED) is 0.680. The van der Waals surface area contributed by atoms with Gasteiger partial charge in [-0.05, 0) is 35.4 Å². The molecule has 1 amide bonds. The van der Waals surface area contributed by atoms with E-state index in [1.54, 1.807) is 18.0 Å². The normalized spacial score (nSPS) is 10.6. The molecule has 1 N–H and O–H groups in total. The Hall–Kier alpha value is -2.24. The third-order valence-corrected chi connectivity index (χ3v) is 5.01. The number of nitrogens with zero attached hydrogens (tertiary/aromatic N) is 2. The van der Waals surface area contributed by atoms with Crippen LogP contribution in [0, 0.1) is 0 Å². The smallest absolute Gasteiger partial charge is 0.230 e. The first kappa shape index (κ1) is 17.6. The number of halogens is 1. The van der Waals surface area contributed by atoms with Gasteiger partial charge in [-0.1, -0.05) is 41.9 Å². The molecule has 0 spiro atoms. The summed E-state index contributed by atoms with van der Waals surface area (Å²) < 4.78 is 1.82. The summed E-state index contributed by atoms with van der Waals surface area (Å²) in [6.45, 7) is 0.456. The van der Waals surface area contributed by atoms with Crippen LogP contribution in [0.25, 0.3) is 5.69 Å². The maximum absolute atomic E-state index is 11.9. The van der Waals surface area contributed by atoms with Crippen LogP contribution in [-0.2, 0) is 17.1 Å². The average molecular weight is 372 g/mol. The van der Waals surface area contributed by atoms with Gasteiger partial charge in [0.05, 0.1) is 11.4 Å². The number of benzene rings is 2. The summed E-state index contributed by atoms with van der Waals surface area (Å²) in [4.78, 5) is 11.9. The maximum Gasteiger partial charge on any atom is 0.230 e. The Morgan fingerprint density at radius 1 is 1.12 bits per heavy atom. The lowest BCUT2D eigenvalue weighted by atomic mass is 10.2. The fourth-order valence-electron chi connectivity index (χ4n) is 2.31. The van der Waals surface area contributed by atoms with Gasteiger partial charge >= 0.3 is 0 Å². The highest BCUT2D eigenvalue weighted by Gasteiger charge is 2.04. The molecule has 0 aliphatic carbocycles. The van der Waals surface area contributed by atoms with Crippen LogP contribution in [0.2, 0.25) is 5.02 Å². The molecule has 0 atom stereocenters. The molecule has 6 heteroatoms. The minimum absolute atomic E-state index is 0.0121. The van der Waals surface area contributed by atoms with Gasteiger partial charge in [0.2, 0.25) is 5.91 Å². The predicted molar refractivity (Wildman–Crippen MR) is 103 cm³/mol. The Kier molecular flexibility index (Phi) is 6.14. The number of rotatable bonds is 7. The highest BCUT2D eigenvalue weighted by Crippen LogP contribution is 2.16. The number of carbonyl (C=O) groups excluding carboxylic acids is 1. The lowest BCUT2D eigenvalue weighted by molar-refractivity contribution is -0.118. The van der Waals surface area contributed by atoms with E-state index in [-0.39, 0.29) is 5.91 Å². The van der Waals surface area contributed by atoms with Crippen molar-refractivity contribution in [3.05, 3.63) is 83.1 Å². The summed E-state index contributed by atoms with van der Waals surface area (Å²) in [5.74, 6) is 1.22. The van der Waals surface area contributed by atoms with Gasteiger partial charge < -0.3 is 5.32 Å². The minimum Gasteiger partial charge on any atom is -0.351 e. The summed E-state index contributed by atoms with van der Waals surface area (Å²) >= 11 is 7.67. The fraction of sp³-hybridized carbons (Fsp3) is 0.158. The molecular formula is C19H18ClN3OS. The predicted octanol–water partition coefficient (Wildman–Crippen LogP) is 4.08. The molecule has 3 rings (SSSR count). The van der Waals surface area contributed by atoms with Gasteiger partial charge in [-0.15, -0.1) is 11.8 Å². The van der Waals surface area contributed by atoms with Gasteiger partial charge in [0.15, 0.2) is 0 Å². The van der Waals surface area contributed by atoms with Crippen LogP contribution in [-0.4, -0.2) is 21.4 Å². The molecule has 128 valence electrons. The van der Waals surface area contributed by atoms with Crippen molar-refractivity contribution in [3.63, 3.8) is 0 Å². The van der Waals surface area contributed by atoms with E-state index >= 15 is 0 Å². The summed E-state index contributed by atoms with van der Waals surface area (Å²) in [5, 5.41) is 7.77. The van der Waals surface area contributed by atoms with Gasteiger partial charge in [0.25, 0.3) is 0 Å². The molecule has 3 aromatic rings. The molecule has 0 saturated carbocycles. The molecular weight excluding hydrogens is 354 g/mol. The summed E-state index contributed by atoms with van der Waals surface area (Å²) in [6, 6.07) is 17.6. The van der Waals surface area contributed by atoms with Gasteiger partial charge in [0, 0.05) is 29.7 Å². The molecule has 2 aromatic carbocycles. The van der Waals surface area contributed by atoms with E-state index in [9.17, 15) is 4.79 Å². The number of amides is 1. The van der Waals surface area contributed by atoms with Crippen molar-refractivity contribution in [2.24, 2.45) is 0 Å². The molecule has 0 radical (unpaired) electrons. The van der Waals surface area contributed by atoms with E-state index in [1.165, 1.54) is 5.56 Å². The molecule has 4 nitrogen and oxygen atoms in total. The zero-order valence-corrected chi connectivity index (χ0v) is 15.1. The Morgan fingerprint density at radius 3 is 2.64 bits per heavy atom. The third-order valence-electron chi connectivity index (χ3n) is 3.64. The first-order chi connectivity index (χ1) is 12.2. The molecule has 1 aromatic heterocycles. The van der Waals surface area contributed by atoms with E-state index in [0.29, 0.717) is 17.3 Å². The number of aromatic nitrogens is 2. The van der Waals surface area contributed by atoms with E-state index in [1.807, 2.05) is 53.3 Å². The molecule has 0 unspecified atom stereocenters. The van der Waals surface area contributed by atoms with Crippen LogP contribution in [0.4, 0.5) is 0 Å². The molecule has 1 heterocycles. The SMILES string of the molecule is O=C(CSCc1ccc(-n2cccn2)cc1)NCc1ccccc1Cl. The van der Waals surface area contributed by atoms with Crippen LogP contribution >= 0.6 is 23.4 Å². The van der Waals surface area contributed by atoms with Gasteiger partial charge in [-0.25, -0.2) is 4.68 Å². The van der Waals surface area contributed by atoms with E-state index in [0.717, 1.165) is 17.0 Å². The number of hydrogen-bond donors (Lipinski definition) is 1. The van der Waals surface area contributed by atoms with Crippen molar-refractivity contribution in [1.82, 2.24) is 15.1 Å². The zero-order valence-electron chi connectivity index (χ0n) is 13.6. The van der Waals surface area contributed by atoms with Crippen molar-refractivity contribution in [2.75, 3.05) is 5.75 Å². The minimum atomic E-state index is 0.0121. The Labute approximate surface area is 156 Å². The second kappa shape index (κ2) is 8.74. The summed E-state index contributed by atoms with van der Waals surface area (Å²) in [6.07, 6.45) is 3.66. The lowest BCUT2D eigenvalue weighted by Crippen LogP contribution is -2.24. The van der Waals surface area contributed by atoms with Crippen LogP contribution in [0.15, 0.2) is 67.0 Å². The van der Waals surface area contributed by atoms with E-state index in [4.69, 9.17) is 11.6 Å². The maximum atomic E-state index is 11.9. The highest BCUT2D eigenvalue weighted by atomic mass is 35.5. The van der Waals surface area contributed by atoms with Crippen molar-refractivity contribution in [3.8, 4) is 5.69 Å². The van der Waals surface area contributed by atoms with Crippen molar-refractivity contribution >= 4 is 29.3 Å². The van der Waals surface area contributed by atoms with E-state index in [2.05, 4.69) is 22.5 Å². The second-order valence-electron chi connectivity index (χ2n) is 5.48. The molecule has 25 heavy (non-hydrogen) atoms. The molecule has 0 bridgehead atoms. The Morgan fingerprint density at radius 2 is 1.92 bits per heavy atom. The first-order valence-corrected chi connectivity index (χ1v) is 9.42. The fourth-order valence-corrected chi connectivity index (χ4v) is 3.33. The van der Waals surface area contributed by atoms with Gasteiger partial charge in [-0.3, -0.25) is 4.79 Å². The molecule has 0 aliphatic rings. The Balaban J connectivity index is 1.42. The summed E-state index contributed by atoms with van der Waals surface area (Å²) in [7, 11) is 0. The van der Waals surface area contributed by atoms with Crippen LogP contribution in [0.3, 0.4) is 0 Å². The van der Waals surface area contributed by atoms with E-state index < -0.39 is 0 Å². The van der Waals surface area contributed by atoms with Crippen molar-refractivity contribution in [2.45, 2.75) is 12.3 Å². The molecule has 0 aliphatic heterocycles. The number of hydrogen-bond acceptors (Lipinski definition) is 3. The molecule has 0 fully saturated rings. The summed E-state index contributed by atoms with van der Waals surface area (Å²) in [5.41, 5.74) is 3.13. The number of carbonyl (C=O) groups is 1. The van der Waals surface area contributed by atoms with Crippen LogP contribution in [0.5, 0.6) is 0 Å². The Bertz CT molecular complexity index is 819. The first-order valence-electron chi connectivity index (χ1n) is 7.89. The monoisotopic (exact) mass is 371 g/mol. The van der Waals surface area contributed by atoms with Gasteiger partial charge in [0.1, 0.15) is 0 Å². The van der Waals surface area contributed by atoms with Gasteiger partial charge in [-0.2, -0.15) is 5.10 Å². The van der Waals surface area contributed by atoms with Crippen LogP contribution < -0.4 is 5.32 Å². The zero-order chi connectivity index (χ0) is 17.5.